The molecule has 0 aliphatic rings. The van der Waals surface area contributed by atoms with Crippen molar-refractivity contribution in [2.24, 2.45) is 0 Å². The highest BCUT2D eigenvalue weighted by Crippen LogP contribution is 2.24. The van der Waals surface area contributed by atoms with Crippen LogP contribution < -0.4 is 10.1 Å². The van der Waals surface area contributed by atoms with Crippen LogP contribution in [-0.2, 0) is 6.42 Å². The number of hydrogen-bond acceptors (Lipinski definition) is 7. The molecule has 0 bridgehead atoms. The van der Waals surface area contributed by atoms with Gasteiger partial charge in [0, 0.05) is 11.9 Å². The summed E-state index contributed by atoms with van der Waals surface area (Å²) >= 11 is 1.55. The zero-order chi connectivity index (χ0) is 20.1. The molecule has 4 aromatic rings. The van der Waals surface area contributed by atoms with Gasteiger partial charge in [0.2, 0.25) is 17.6 Å². The average Bonchev–Trinajstić information content (AvgIpc) is 3.42. The van der Waals surface area contributed by atoms with E-state index in [4.69, 9.17) is 9.26 Å². The molecule has 1 N–H and O–H groups in total. The van der Waals surface area contributed by atoms with Gasteiger partial charge in [0.1, 0.15) is 5.56 Å². The maximum atomic E-state index is 12.8. The van der Waals surface area contributed by atoms with Crippen molar-refractivity contribution in [2.75, 3.05) is 11.9 Å². The van der Waals surface area contributed by atoms with E-state index in [0.29, 0.717) is 41.9 Å². The summed E-state index contributed by atoms with van der Waals surface area (Å²) in [5.41, 5.74) is 1.91. The van der Waals surface area contributed by atoms with Crippen LogP contribution in [0.1, 0.15) is 28.7 Å². The molecule has 0 spiro atoms. The third-order valence-electron chi connectivity index (χ3n) is 4.11. The minimum atomic E-state index is -0.293. The standard InChI is InChI=1S/C21H18N4O3S/c1-2-27-21-15(8-5-11-22-21)20(26)23-16-9-4-3-7-14(16)13-18-24-19(25-28-18)17-10-6-12-29-17/h3-12H,2,13H2,1H3,(H,23,26). The summed E-state index contributed by atoms with van der Waals surface area (Å²) in [4.78, 5) is 22.3. The van der Waals surface area contributed by atoms with Gasteiger partial charge in [-0.25, -0.2) is 4.98 Å². The molecule has 8 heteroatoms. The molecule has 0 saturated heterocycles. The summed E-state index contributed by atoms with van der Waals surface area (Å²) in [6, 6.07) is 14.8. The molecular formula is C21H18N4O3S. The molecule has 0 radical (unpaired) electrons. The maximum absolute atomic E-state index is 12.8. The Morgan fingerprint density at radius 3 is 2.90 bits per heavy atom. The van der Waals surface area contributed by atoms with Crippen LogP contribution in [0.25, 0.3) is 10.7 Å². The molecular weight excluding hydrogens is 388 g/mol. The van der Waals surface area contributed by atoms with Crippen molar-refractivity contribution in [3.8, 4) is 16.6 Å². The number of benzene rings is 1. The summed E-state index contributed by atoms with van der Waals surface area (Å²) < 4.78 is 10.8. The third-order valence-corrected chi connectivity index (χ3v) is 4.98. The molecule has 0 atom stereocenters. The summed E-state index contributed by atoms with van der Waals surface area (Å²) in [5, 5.41) is 8.93. The van der Waals surface area contributed by atoms with Crippen molar-refractivity contribution in [1.82, 2.24) is 15.1 Å². The smallest absolute Gasteiger partial charge is 0.261 e. The van der Waals surface area contributed by atoms with E-state index >= 15 is 0 Å². The first kappa shape index (κ1) is 18.8. The molecule has 0 unspecified atom stereocenters. The van der Waals surface area contributed by atoms with Crippen molar-refractivity contribution >= 4 is 22.9 Å². The third kappa shape index (κ3) is 4.33. The van der Waals surface area contributed by atoms with Crippen molar-refractivity contribution in [2.45, 2.75) is 13.3 Å². The van der Waals surface area contributed by atoms with Crippen LogP contribution in [0.5, 0.6) is 5.88 Å². The molecule has 0 aliphatic heterocycles. The molecule has 1 amide bonds. The number of para-hydroxylation sites is 1. The van der Waals surface area contributed by atoms with Gasteiger partial charge in [0.25, 0.3) is 5.91 Å². The average molecular weight is 406 g/mol. The Balaban J connectivity index is 1.54. The van der Waals surface area contributed by atoms with Crippen LogP contribution in [0, 0.1) is 0 Å². The van der Waals surface area contributed by atoms with E-state index in [0.717, 1.165) is 10.4 Å². The largest absolute Gasteiger partial charge is 0.477 e. The fraction of sp³-hybridized carbons (Fsp3) is 0.143. The number of amides is 1. The second-order valence-electron chi connectivity index (χ2n) is 6.07. The van der Waals surface area contributed by atoms with E-state index in [1.807, 2.05) is 48.7 Å². The Hall–Kier alpha value is -3.52. The van der Waals surface area contributed by atoms with Gasteiger partial charge in [-0.05, 0) is 42.1 Å². The van der Waals surface area contributed by atoms with E-state index in [-0.39, 0.29) is 5.91 Å². The number of carbonyl (C=O) groups excluding carboxylic acids is 1. The fourth-order valence-electron chi connectivity index (χ4n) is 2.80. The highest BCUT2D eigenvalue weighted by Gasteiger charge is 2.16. The highest BCUT2D eigenvalue weighted by atomic mass is 32.1. The minimum absolute atomic E-state index is 0.293. The number of nitrogens with one attached hydrogen (secondary N) is 1. The normalized spacial score (nSPS) is 10.7. The van der Waals surface area contributed by atoms with Gasteiger partial charge in [-0.2, -0.15) is 4.98 Å². The van der Waals surface area contributed by atoms with Gasteiger partial charge in [-0.1, -0.05) is 29.4 Å². The fourth-order valence-corrected chi connectivity index (χ4v) is 3.45. The number of anilines is 1. The molecule has 7 nitrogen and oxygen atoms in total. The molecule has 3 aromatic heterocycles. The SMILES string of the molecule is CCOc1ncccc1C(=O)Nc1ccccc1Cc1nc(-c2cccs2)no1. The van der Waals surface area contributed by atoms with Gasteiger partial charge >= 0.3 is 0 Å². The van der Waals surface area contributed by atoms with Crippen LogP contribution in [0.15, 0.2) is 64.6 Å². The van der Waals surface area contributed by atoms with Gasteiger partial charge in [-0.15, -0.1) is 11.3 Å². The van der Waals surface area contributed by atoms with Gasteiger partial charge in [-0.3, -0.25) is 4.79 Å². The summed E-state index contributed by atoms with van der Waals surface area (Å²) in [6.07, 6.45) is 2.00. The van der Waals surface area contributed by atoms with Gasteiger partial charge in [0.15, 0.2) is 0 Å². The predicted octanol–water partition coefficient (Wildman–Crippen LogP) is 4.43. The number of carbonyl (C=O) groups is 1. The molecule has 0 saturated carbocycles. The number of aromatic nitrogens is 3. The highest BCUT2D eigenvalue weighted by molar-refractivity contribution is 7.13. The quantitative estimate of drug-likeness (QED) is 0.488. The maximum Gasteiger partial charge on any atom is 0.261 e. The van der Waals surface area contributed by atoms with Crippen LogP contribution >= 0.6 is 11.3 Å². The molecule has 0 fully saturated rings. The predicted molar refractivity (Wildman–Crippen MR) is 110 cm³/mol. The van der Waals surface area contributed by atoms with Gasteiger partial charge in [0.05, 0.1) is 17.9 Å². The Bertz CT molecular complexity index is 1110. The lowest BCUT2D eigenvalue weighted by molar-refractivity contribution is 0.102. The van der Waals surface area contributed by atoms with Crippen LogP contribution in [0.3, 0.4) is 0 Å². The van der Waals surface area contributed by atoms with E-state index in [1.165, 1.54) is 0 Å². The van der Waals surface area contributed by atoms with E-state index in [2.05, 4.69) is 20.4 Å². The van der Waals surface area contributed by atoms with E-state index < -0.39 is 0 Å². The van der Waals surface area contributed by atoms with Crippen LogP contribution in [-0.4, -0.2) is 27.6 Å². The van der Waals surface area contributed by atoms with Crippen LogP contribution in [0.4, 0.5) is 5.69 Å². The number of nitrogens with zero attached hydrogens (tertiary/aromatic N) is 3. The lowest BCUT2D eigenvalue weighted by Gasteiger charge is -2.12. The monoisotopic (exact) mass is 406 g/mol. The Morgan fingerprint density at radius 2 is 2.07 bits per heavy atom. The second-order valence-corrected chi connectivity index (χ2v) is 7.01. The van der Waals surface area contributed by atoms with Crippen molar-refractivity contribution in [3.63, 3.8) is 0 Å². The molecule has 0 aliphatic carbocycles. The first-order valence-electron chi connectivity index (χ1n) is 9.08. The first-order valence-corrected chi connectivity index (χ1v) is 9.96. The topological polar surface area (TPSA) is 90.1 Å². The lowest BCUT2D eigenvalue weighted by Crippen LogP contribution is -2.15. The number of ether oxygens (including phenoxy) is 1. The number of pyridine rings is 1. The summed E-state index contributed by atoms with van der Waals surface area (Å²) in [7, 11) is 0. The zero-order valence-electron chi connectivity index (χ0n) is 15.7. The number of hydrogen-bond donors (Lipinski definition) is 1. The van der Waals surface area contributed by atoms with Crippen molar-refractivity contribution in [1.29, 1.82) is 0 Å². The molecule has 1 aromatic carbocycles. The summed E-state index contributed by atoms with van der Waals surface area (Å²) in [6.45, 7) is 2.28. The lowest BCUT2D eigenvalue weighted by atomic mass is 10.1. The Labute approximate surface area is 171 Å². The molecule has 29 heavy (non-hydrogen) atoms. The minimum Gasteiger partial charge on any atom is -0.477 e. The van der Waals surface area contributed by atoms with Crippen molar-refractivity contribution in [3.05, 3.63) is 77.1 Å². The van der Waals surface area contributed by atoms with E-state index in [9.17, 15) is 4.79 Å². The zero-order valence-corrected chi connectivity index (χ0v) is 16.5. The van der Waals surface area contributed by atoms with Crippen LogP contribution in [0.2, 0.25) is 0 Å². The van der Waals surface area contributed by atoms with Gasteiger partial charge < -0.3 is 14.6 Å². The Kier molecular flexibility index (Phi) is 5.62. The molecule has 4 rings (SSSR count). The van der Waals surface area contributed by atoms with E-state index in [1.54, 1.807) is 29.7 Å². The first-order chi connectivity index (χ1) is 14.2. The molecule has 3 heterocycles. The summed E-state index contributed by atoms with van der Waals surface area (Å²) in [5.74, 6) is 1.06. The molecule has 146 valence electrons. The number of rotatable bonds is 7. The van der Waals surface area contributed by atoms with Crippen molar-refractivity contribution < 1.29 is 14.1 Å². The number of thiophene rings is 1. The Morgan fingerprint density at radius 1 is 1.17 bits per heavy atom. The second kappa shape index (κ2) is 8.66.